The van der Waals surface area contributed by atoms with Crippen LogP contribution in [0.5, 0.6) is 0 Å². The molecular weight excluding hydrogens is 370 g/mol. The highest BCUT2D eigenvalue weighted by atomic mass is 79.9. The first kappa shape index (κ1) is 15.1. The molecule has 2 aromatic rings. The van der Waals surface area contributed by atoms with E-state index in [2.05, 4.69) is 25.9 Å². The normalized spacial score (nSPS) is 11.8. The molecule has 0 atom stereocenters. The third kappa shape index (κ3) is 2.90. The Kier molecular flexibility index (Phi) is 3.97. The molecule has 0 saturated carbocycles. The third-order valence-corrected chi connectivity index (χ3v) is 3.05. The quantitative estimate of drug-likeness (QED) is 0.405. The van der Waals surface area contributed by atoms with E-state index in [1.54, 1.807) is 0 Å². The lowest BCUT2D eigenvalue weighted by atomic mass is 10.1. The predicted octanol–water partition coefficient (Wildman–Crippen LogP) is 4.86. The fraction of sp³-hybridized carbons (Fsp3) is 0.0909. The van der Waals surface area contributed by atoms with Gasteiger partial charge in [0.25, 0.3) is 0 Å². The molecule has 0 fully saturated rings. The van der Waals surface area contributed by atoms with Crippen molar-refractivity contribution in [3.63, 3.8) is 0 Å². The molecule has 1 heterocycles. The second-order valence-electron chi connectivity index (χ2n) is 3.62. The Morgan fingerprint density at radius 3 is 2.35 bits per heavy atom. The summed E-state index contributed by atoms with van der Waals surface area (Å²) in [5, 5.41) is -0.568. The van der Waals surface area contributed by atoms with E-state index >= 15 is 0 Å². The standard InChI is InChI=1S/C11H3BrClF5N2/c12-4-1-2-5(14)8(9(4)15)6-3-7(13)20-10(19-6)11(16,17)18/h1-3H. The van der Waals surface area contributed by atoms with Gasteiger partial charge in [0.2, 0.25) is 5.82 Å². The smallest absolute Gasteiger partial charge is 0.224 e. The molecule has 0 spiro atoms. The minimum Gasteiger partial charge on any atom is -0.224 e. The summed E-state index contributed by atoms with van der Waals surface area (Å²) in [6.45, 7) is 0. The molecule has 0 amide bonds. The van der Waals surface area contributed by atoms with E-state index in [0.717, 1.165) is 18.2 Å². The van der Waals surface area contributed by atoms with Crippen LogP contribution in [0.3, 0.4) is 0 Å². The average molecular weight is 374 g/mol. The van der Waals surface area contributed by atoms with Crippen molar-refractivity contribution >= 4 is 27.5 Å². The van der Waals surface area contributed by atoms with Crippen LogP contribution >= 0.6 is 27.5 Å². The van der Waals surface area contributed by atoms with E-state index < -0.39 is 40.0 Å². The molecule has 0 aliphatic heterocycles. The van der Waals surface area contributed by atoms with E-state index in [-0.39, 0.29) is 4.47 Å². The Labute approximate surface area is 122 Å². The molecule has 2 rings (SSSR count). The lowest BCUT2D eigenvalue weighted by Gasteiger charge is -2.10. The summed E-state index contributed by atoms with van der Waals surface area (Å²) in [6.07, 6.45) is -4.88. The Morgan fingerprint density at radius 1 is 1.10 bits per heavy atom. The van der Waals surface area contributed by atoms with Crippen LogP contribution in [0.4, 0.5) is 22.0 Å². The topological polar surface area (TPSA) is 25.8 Å². The zero-order valence-corrected chi connectivity index (χ0v) is 11.6. The maximum absolute atomic E-state index is 13.8. The number of hydrogen-bond acceptors (Lipinski definition) is 2. The Hall–Kier alpha value is -1.28. The molecule has 0 N–H and O–H groups in total. The molecule has 0 aliphatic carbocycles. The number of aromatic nitrogens is 2. The van der Waals surface area contributed by atoms with Gasteiger partial charge < -0.3 is 0 Å². The van der Waals surface area contributed by atoms with Gasteiger partial charge in [0.1, 0.15) is 16.8 Å². The predicted molar refractivity (Wildman–Crippen MR) is 65.1 cm³/mol. The minimum atomic E-state index is -4.88. The molecule has 9 heteroatoms. The van der Waals surface area contributed by atoms with Gasteiger partial charge in [-0.15, -0.1) is 0 Å². The lowest BCUT2D eigenvalue weighted by molar-refractivity contribution is -0.144. The number of halogens is 7. The van der Waals surface area contributed by atoms with Gasteiger partial charge in [-0.05, 0) is 28.1 Å². The molecular formula is C11H3BrClF5N2. The molecule has 1 aromatic heterocycles. The fourth-order valence-corrected chi connectivity index (χ4v) is 1.95. The largest absolute Gasteiger partial charge is 0.451 e. The second-order valence-corrected chi connectivity index (χ2v) is 4.86. The van der Waals surface area contributed by atoms with Crippen molar-refractivity contribution in [3.8, 4) is 11.3 Å². The van der Waals surface area contributed by atoms with Gasteiger partial charge in [-0.25, -0.2) is 18.7 Å². The van der Waals surface area contributed by atoms with Gasteiger partial charge >= 0.3 is 6.18 Å². The number of nitrogens with zero attached hydrogens (tertiary/aromatic N) is 2. The number of alkyl halides is 3. The highest BCUT2D eigenvalue weighted by molar-refractivity contribution is 9.10. The van der Waals surface area contributed by atoms with E-state index in [1.165, 1.54) is 0 Å². The number of benzene rings is 1. The van der Waals surface area contributed by atoms with Gasteiger partial charge in [0.05, 0.1) is 15.7 Å². The van der Waals surface area contributed by atoms with Crippen molar-refractivity contribution in [2.45, 2.75) is 6.18 Å². The zero-order valence-electron chi connectivity index (χ0n) is 9.27. The van der Waals surface area contributed by atoms with Gasteiger partial charge in [-0.3, -0.25) is 0 Å². The van der Waals surface area contributed by atoms with Crippen molar-refractivity contribution in [2.75, 3.05) is 0 Å². The summed E-state index contributed by atoms with van der Waals surface area (Å²) in [5.41, 5.74) is -1.30. The molecule has 0 bridgehead atoms. The van der Waals surface area contributed by atoms with Crippen LogP contribution in [0.25, 0.3) is 11.3 Å². The summed E-state index contributed by atoms with van der Waals surface area (Å²) in [5.74, 6) is -3.71. The van der Waals surface area contributed by atoms with Crippen LogP contribution in [0.1, 0.15) is 5.82 Å². The van der Waals surface area contributed by atoms with E-state index in [4.69, 9.17) is 11.6 Å². The first-order valence-corrected chi connectivity index (χ1v) is 6.13. The highest BCUT2D eigenvalue weighted by Gasteiger charge is 2.35. The summed E-state index contributed by atoms with van der Waals surface area (Å²) < 4.78 is 65.0. The van der Waals surface area contributed by atoms with Gasteiger partial charge in [0.15, 0.2) is 0 Å². The molecule has 2 nitrogen and oxygen atoms in total. The molecule has 20 heavy (non-hydrogen) atoms. The molecule has 0 saturated heterocycles. The van der Waals surface area contributed by atoms with Gasteiger partial charge in [-0.2, -0.15) is 13.2 Å². The van der Waals surface area contributed by atoms with Crippen LogP contribution in [-0.2, 0) is 6.18 Å². The van der Waals surface area contributed by atoms with Crippen LogP contribution in [0.2, 0.25) is 5.15 Å². The Morgan fingerprint density at radius 2 is 1.75 bits per heavy atom. The van der Waals surface area contributed by atoms with Crippen molar-refractivity contribution in [3.05, 3.63) is 45.3 Å². The molecule has 0 radical (unpaired) electrons. The van der Waals surface area contributed by atoms with Crippen LogP contribution in [0, 0.1) is 11.6 Å². The second kappa shape index (κ2) is 5.25. The van der Waals surface area contributed by atoms with E-state index in [9.17, 15) is 22.0 Å². The lowest BCUT2D eigenvalue weighted by Crippen LogP contribution is -2.12. The average Bonchev–Trinajstić information content (AvgIpc) is 2.33. The monoisotopic (exact) mass is 372 g/mol. The minimum absolute atomic E-state index is 0.114. The Balaban J connectivity index is 2.71. The molecule has 0 aliphatic rings. The van der Waals surface area contributed by atoms with Crippen molar-refractivity contribution in [1.82, 2.24) is 9.97 Å². The van der Waals surface area contributed by atoms with E-state index in [1.807, 2.05) is 0 Å². The molecule has 0 unspecified atom stereocenters. The van der Waals surface area contributed by atoms with Crippen molar-refractivity contribution < 1.29 is 22.0 Å². The summed E-state index contributed by atoms with van der Waals surface area (Å²) in [7, 11) is 0. The SMILES string of the molecule is Fc1ccc(Br)c(F)c1-c1cc(Cl)nc(C(F)(F)F)n1. The van der Waals surface area contributed by atoms with Crippen LogP contribution < -0.4 is 0 Å². The van der Waals surface area contributed by atoms with E-state index in [0.29, 0.717) is 0 Å². The zero-order chi connectivity index (χ0) is 15.1. The molecule has 1 aromatic carbocycles. The van der Waals surface area contributed by atoms with Crippen molar-refractivity contribution in [1.29, 1.82) is 0 Å². The van der Waals surface area contributed by atoms with Crippen LogP contribution in [0.15, 0.2) is 22.7 Å². The summed E-state index contributed by atoms with van der Waals surface area (Å²) >= 11 is 8.26. The van der Waals surface area contributed by atoms with Crippen molar-refractivity contribution in [2.24, 2.45) is 0 Å². The summed E-state index contributed by atoms with van der Waals surface area (Å²) in [6, 6.07) is 2.83. The third-order valence-electron chi connectivity index (χ3n) is 2.25. The molecule has 106 valence electrons. The van der Waals surface area contributed by atoms with Gasteiger partial charge in [-0.1, -0.05) is 11.6 Å². The van der Waals surface area contributed by atoms with Crippen LogP contribution in [-0.4, -0.2) is 9.97 Å². The number of rotatable bonds is 1. The highest BCUT2D eigenvalue weighted by Crippen LogP contribution is 2.33. The maximum Gasteiger partial charge on any atom is 0.451 e. The Bertz CT molecular complexity index is 675. The maximum atomic E-state index is 13.8. The number of hydrogen-bond donors (Lipinski definition) is 0. The van der Waals surface area contributed by atoms with Gasteiger partial charge in [0, 0.05) is 6.07 Å². The first-order valence-electron chi connectivity index (χ1n) is 4.96. The first-order chi connectivity index (χ1) is 9.20. The summed E-state index contributed by atoms with van der Waals surface area (Å²) in [4.78, 5) is 6.10. The fourth-order valence-electron chi connectivity index (χ4n) is 1.43.